The van der Waals surface area contributed by atoms with Gasteiger partial charge < -0.3 is 19.3 Å². The average Bonchev–Trinajstić information content (AvgIpc) is 2.73. The van der Waals surface area contributed by atoms with E-state index in [-0.39, 0.29) is 11.3 Å². The lowest BCUT2D eigenvalue weighted by atomic mass is 10.0. The van der Waals surface area contributed by atoms with Gasteiger partial charge in [0.15, 0.2) is 0 Å². The van der Waals surface area contributed by atoms with Gasteiger partial charge in [0.1, 0.15) is 28.6 Å². The van der Waals surface area contributed by atoms with Gasteiger partial charge in [0.25, 0.3) is 0 Å². The molecule has 0 atom stereocenters. The third kappa shape index (κ3) is 5.20. The van der Waals surface area contributed by atoms with E-state index >= 15 is 0 Å². The van der Waals surface area contributed by atoms with Crippen molar-refractivity contribution >= 4 is 28.6 Å². The van der Waals surface area contributed by atoms with Crippen molar-refractivity contribution in [2.24, 2.45) is 0 Å². The minimum Gasteiger partial charge on any atom is -0.497 e. The first kappa shape index (κ1) is 21.0. The van der Waals surface area contributed by atoms with Crippen molar-refractivity contribution in [3.8, 4) is 34.1 Å². The Hall–Kier alpha value is -2.74. The van der Waals surface area contributed by atoms with Crippen molar-refractivity contribution in [3.05, 3.63) is 71.8 Å². The lowest BCUT2D eigenvalue weighted by Crippen LogP contribution is -2.01. The summed E-state index contributed by atoms with van der Waals surface area (Å²) >= 11 is 2.27. The first-order valence-electron chi connectivity index (χ1n) is 9.01. The number of hydrogen-bond donors (Lipinski definition) is 1. The monoisotopic (exact) mass is 504 g/mol. The van der Waals surface area contributed by atoms with Gasteiger partial charge in [0.05, 0.1) is 13.7 Å². The molecule has 0 aliphatic carbocycles. The predicted molar refractivity (Wildman–Crippen MR) is 121 cm³/mol. The smallest absolute Gasteiger partial charge is 0.339 e. The molecule has 0 saturated heterocycles. The van der Waals surface area contributed by atoms with Gasteiger partial charge in [-0.2, -0.15) is 0 Å². The zero-order valence-electron chi connectivity index (χ0n) is 16.1. The van der Waals surface area contributed by atoms with E-state index in [9.17, 15) is 9.90 Å². The highest BCUT2D eigenvalue weighted by Gasteiger charge is 2.14. The highest BCUT2D eigenvalue weighted by molar-refractivity contribution is 14.1. The van der Waals surface area contributed by atoms with Crippen LogP contribution in [0, 0.1) is 6.92 Å². The number of hydrogen-bond acceptors (Lipinski definition) is 4. The van der Waals surface area contributed by atoms with Crippen molar-refractivity contribution in [2.45, 2.75) is 6.92 Å². The molecule has 0 fully saturated rings. The zero-order chi connectivity index (χ0) is 20.8. The van der Waals surface area contributed by atoms with Gasteiger partial charge in [-0.1, -0.05) is 34.7 Å². The summed E-state index contributed by atoms with van der Waals surface area (Å²) in [6, 6.07) is 18.0. The molecule has 0 saturated carbocycles. The van der Waals surface area contributed by atoms with Gasteiger partial charge in [-0.3, -0.25) is 0 Å². The average molecular weight is 504 g/mol. The van der Waals surface area contributed by atoms with Crippen LogP contribution in [0.25, 0.3) is 11.1 Å². The molecule has 150 valence electrons. The van der Waals surface area contributed by atoms with Crippen LogP contribution in [0.2, 0.25) is 0 Å². The van der Waals surface area contributed by atoms with Crippen LogP contribution in [0.15, 0.2) is 60.7 Å². The molecule has 3 aromatic rings. The van der Waals surface area contributed by atoms with Crippen molar-refractivity contribution < 1.29 is 24.1 Å². The van der Waals surface area contributed by atoms with Gasteiger partial charge >= 0.3 is 5.97 Å². The Morgan fingerprint density at radius 3 is 2.21 bits per heavy atom. The Kier molecular flexibility index (Phi) is 6.98. The summed E-state index contributed by atoms with van der Waals surface area (Å²) in [7, 11) is 1.59. The fraction of sp³-hybridized carbons (Fsp3) is 0.174. The maximum absolute atomic E-state index is 11.6. The van der Waals surface area contributed by atoms with Crippen LogP contribution in [-0.2, 0) is 0 Å². The van der Waals surface area contributed by atoms with Crippen LogP contribution >= 0.6 is 22.6 Å². The van der Waals surface area contributed by atoms with Crippen molar-refractivity contribution in [3.63, 3.8) is 0 Å². The molecular weight excluding hydrogens is 483 g/mol. The van der Waals surface area contributed by atoms with Crippen LogP contribution in [-0.4, -0.2) is 29.2 Å². The van der Waals surface area contributed by atoms with Gasteiger partial charge in [-0.05, 0) is 72.1 Å². The summed E-state index contributed by atoms with van der Waals surface area (Å²) in [6.07, 6.45) is 0. The molecule has 0 aliphatic heterocycles. The Bertz CT molecular complexity index is 999. The minimum absolute atomic E-state index is 0.100. The number of alkyl halides is 1. The molecular formula is C23H21IO5. The van der Waals surface area contributed by atoms with Crippen molar-refractivity contribution in [1.29, 1.82) is 0 Å². The summed E-state index contributed by atoms with van der Waals surface area (Å²) < 4.78 is 17.7. The summed E-state index contributed by atoms with van der Waals surface area (Å²) in [5.74, 6) is 1.32. The number of halogens is 1. The summed E-state index contributed by atoms with van der Waals surface area (Å²) in [6.45, 7) is 2.65. The topological polar surface area (TPSA) is 65.0 Å². The molecule has 0 aromatic heterocycles. The first-order chi connectivity index (χ1) is 14.0. The third-order valence-electron chi connectivity index (χ3n) is 4.34. The van der Waals surface area contributed by atoms with E-state index in [1.54, 1.807) is 49.6 Å². The van der Waals surface area contributed by atoms with E-state index in [0.717, 1.165) is 26.9 Å². The fourth-order valence-electron chi connectivity index (χ4n) is 2.87. The maximum Gasteiger partial charge on any atom is 0.339 e. The maximum atomic E-state index is 11.6. The number of aryl methyl sites for hydroxylation is 1. The highest BCUT2D eigenvalue weighted by atomic mass is 127. The summed E-state index contributed by atoms with van der Waals surface area (Å²) in [4.78, 5) is 11.6. The quantitative estimate of drug-likeness (QED) is 0.302. The number of carboxylic acid groups (broad SMARTS) is 1. The third-order valence-corrected chi connectivity index (χ3v) is 4.78. The molecule has 0 radical (unpaired) electrons. The normalized spacial score (nSPS) is 10.4. The highest BCUT2D eigenvalue weighted by Crippen LogP contribution is 2.33. The number of benzene rings is 3. The molecule has 5 nitrogen and oxygen atoms in total. The minimum atomic E-state index is -1.04. The van der Waals surface area contributed by atoms with E-state index in [1.807, 2.05) is 25.1 Å². The molecule has 0 amide bonds. The second-order valence-electron chi connectivity index (χ2n) is 6.31. The number of rotatable bonds is 8. The number of aromatic carboxylic acids is 1. The Morgan fingerprint density at radius 2 is 1.59 bits per heavy atom. The molecule has 3 rings (SSSR count). The molecule has 3 aromatic carbocycles. The zero-order valence-corrected chi connectivity index (χ0v) is 18.3. The van der Waals surface area contributed by atoms with E-state index in [4.69, 9.17) is 14.2 Å². The summed E-state index contributed by atoms with van der Waals surface area (Å²) in [5, 5.41) is 9.53. The van der Waals surface area contributed by atoms with Gasteiger partial charge in [-0.25, -0.2) is 4.79 Å². The van der Waals surface area contributed by atoms with Gasteiger partial charge in [0.2, 0.25) is 0 Å². The number of methoxy groups -OCH3 is 1. The Labute approximate surface area is 183 Å². The number of carbonyl (C=O) groups is 1. The fourth-order valence-corrected chi connectivity index (χ4v) is 3.09. The van der Waals surface area contributed by atoms with E-state index in [2.05, 4.69) is 22.6 Å². The molecule has 0 unspecified atom stereocenters. The molecule has 0 spiro atoms. The lowest BCUT2D eigenvalue weighted by molar-refractivity contribution is 0.0694. The lowest BCUT2D eigenvalue weighted by Gasteiger charge is -2.13. The van der Waals surface area contributed by atoms with Gasteiger partial charge in [0, 0.05) is 4.43 Å². The summed E-state index contributed by atoms with van der Waals surface area (Å²) in [5.41, 5.74) is 2.94. The van der Waals surface area contributed by atoms with Crippen LogP contribution in [0.1, 0.15) is 15.9 Å². The van der Waals surface area contributed by atoms with E-state index in [0.29, 0.717) is 18.1 Å². The molecule has 0 heterocycles. The SMILES string of the molecule is COc1ccc(Oc2cc(-c3ccc(OCCI)c(C)c3)ccc2C(=O)O)cc1. The van der Waals surface area contributed by atoms with Crippen LogP contribution in [0.3, 0.4) is 0 Å². The largest absolute Gasteiger partial charge is 0.497 e. The standard InChI is InChI=1S/C23H21IO5/c1-15-13-16(4-10-21(15)28-12-11-24)17-3-9-20(23(25)26)22(14-17)29-19-7-5-18(27-2)6-8-19/h3-10,13-14H,11-12H2,1-2H3,(H,25,26). The molecule has 29 heavy (non-hydrogen) atoms. The van der Waals surface area contributed by atoms with Crippen molar-refractivity contribution in [2.75, 3.05) is 18.1 Å². The van der Waals surface area contributed by atoms with Crippen LogP contribution in [0.4, 0.5) is 0 Å². The van der Waals surface area contributed by atoms with Crippen LogP contribution in [0.5, 0.6) is 23.0 Å². The van der Waals surface area contributed by atoms with E-state index < -0.39 is 5.97 Å². The Balaban J connectivity index is 1.93. The van der Waals surface area contributed by atoms with Crippen molar-refractivity contribution in [1.82, 2.24) is 0 Å². The van der Waals surface area contributed by atoms with Gasteiger partial charge in [-0.15, -0.1) is 0 Å². The second-order valence-corrected chi connectivity index (χ2v) is 7.39. The molecule has 1 N–H and O–H groups in total. The number of carboxylic acids is 1. The molecule has 6 heteroatoms. The molecule has 0 bridgehead atoms. The predicted octanol–water partition coefficient (Wildman–Crippen LogP) is 5.97. The molecule has 0 aliphatic rings. The van der Waals surface area contributed by atoms with Crippen LogP contribution < -0.4 is 14.2 Å². The first-order valence-corrected chi connectivity index (χ1v) is 10.5. The second kappa shape index (κ2) is 9.65. The Morgan fingerprint density at radius 1 is 0.931 bits per heavy atom. The van der Waals surface area contributed by atoms with E-state index in [1.165, 1.54) is 0 Å². The number of ether oxygens (including phenoxy) is 3.